The molecule has 0 aliphatic carbocycles. The Morgan fingerprint density at radius 1 is 1.55 bits per heavy atom. The minimum absolute atomic E-state index is 1.03. The van der Waals surface area contributed by atoms with Gasteiger partial charge in [-0.3, -0.25) is 0 Å². The van der Waals surface area contributed by atoms with Gasteiger partial charge in [-0.2, -0.15) is 0 Å². The van der Waals surface area contributed by atoms with Crippen molar-refractivity contribution in [3.05, 3.63) is 11.8 Å². The van der Waals surface area contributed by atoms with Gasteiger partial charge in [-0.1, -0.05) is 0 Å². The molecule has 3 heteroatoms. The Morgan fingerprint density at radius 3 is 2.64 bits per heavy atom. The molecule has 0 atom stereocenters. The molecule has 0 aromatic heterocycles. The number of nitrogens with one attached hydrogen (secondary N) is 1. The zero-order chi connectivity index (χ0) is 8.27. The maximum absolute atomic E-state index is 3.18. The van der Waals surface area contributed by atoms with Gasteiger partial charge in [0, 0.05) is 46.4 Å². The molecule has 64 valence electrons. The Balaban J connectivity index is 2.41. The van der Waals surface area contributed by atoms with Gasteiger partial charge < -0.3 is 5.32 Å². The highest BCUT2D eigenvalue weighted by molar-refractivity contribution is 5.03. The third-order valence-electron chi connectivity index (χ3n) is 2.07. The van der Waals surface area contributed by atoms with Gasteiger partial charge in [0.15, 0.2) is 0 Å². The SMILES string of the molecule is CNC1=CCN(N(C)C)CC1. The van der Waals surface area contributed by atoms with Crippen LogP contribution in [0.5, 0.6) is 0 Å². The van der Waals surface area contributed by atoms with Crippen molar-refractivity contribution in [1.82, 2.24) is 15.3 Å². The summed E-state index contributed by atoms with van der Waals surface area (Å²) in [6, 6.07) is 0. The lowest BCUT2D eigenvalue weighted by molar-refractivity contribution is 0.0340. The van der Waals surface area contributed by atoms with Crippen LogP contribution in [0, 0.1) is 0 Å². The fourth-order valence-electron chi connectivity index (χ4n) is 1.25. The highest BCUT2D eigenvalue weighted by Crippen LogP contribution is 2.07. The van der Waals surface area contributed by atoms with E-state index >= 15 is 0 Å². The number of hydrogen-bond acceptors (Lipinski definition) is 3. The lowest BCUT2D eigenvalue weighted by Gasteiger charge is -2.31. The van der Waals surface area contributed by atoms with Crippen LogP contribution in [0.25, 0.3) is 0 Å². The van der Waals surface area contributed by atoms with E-state index in [1.54, 1.807) is 0 Å². The van der Waals surface area contributed by atoms with Crippen molar-refractivity contribution in [2.75, 3.05) is 34.2 Å². The van der Waals surface area contributed by atoms with Crippen LogP contribution in [0.2, 0.25) is 0 Å². The van der Waals surface area contributed by atoms with Crippen LogP contribution in [0.3, 0.4) is 0 Å². The van der Waals surface area contributed by atoms with Crippen LogP contribution < -0.4 is 5.32 Å². The van der Waals surface area contributed by atoms with E-state index in [2.05, 4.69) is 35.5 Å². The summed E-state index contributed by atoms with van der Waals surface area (Å²) in [6.45, 7) is 2.16. The summed E-state index contributed by atoms with van der Waals surface area (Å²) >= 11 is 0. The zero-order valence-corrected chi connectivity index (χ0v) is 7.59. The first-order chi connectivity index (χ1) is 5.24. The Bertz CT molecular complexity index is 151. The molecular formula is C8H17N3. The Morgan fingerprint density at radius 2 is 2.27 bits per heavy atom. The third-order valence-corrected chi connectivity index (χ3v) is 2.07. The van der Waals surface area contributed by atoms with Crippen molar-refractivity contribution in [1.29, 1.82) is 0 Å². The Kier molecular flexibility index (Phi) is 2.91. The van der Waals surface area contributed by atoms with Crippen LogP contribution in [-0.4, -0.2) is 44.3 Å². The summed E-state index contributed by atoms with van der Waals surface area (Å²) in [7, 11) is 6.15. The molecule has 0 fully saturated rings. The molecule has 0 unspecified atom stereocenters. The van der Waals surface area contributed by atoms with E-state index in [0.717, 1.165) is 19.5 Å². The first-order valence-electron chi connectivity index (χ1n) is 4.03. The topological polar surface area (TPSA) is 18.5 Å². The Hall–Kier alpha value is -0.540. The summed E-state index contributed by atoms with van der Waals surface area (Å²) in [5.74, 6) is 0. The van der Waals surface area contributed by atoms with Gasteiger partial charge in [0.2, 0.25) is 0 Å². The van der Waals surface area contributed by atoms with Crippen molar-refractivity contribution in [3.8, 4) is 0 Å². The van der Waals surface area contributed by atoms with Gasteiger partial charge in [0.25, 0.3) is 0 Å². The van der Waals surface area contributed by atoms with E-state index in [0.29, 0.717) is 0 Å². The van der Waals surface area contributed by atoms with Crippen LogP contribution in [0.1, 0.15) is 6.42 Å². The molecule has 0 bridgehead atoms. The highest BCUT2D eigenvalue weighted by atomic mass is 15.6. The molecule has 1 heterocycles. The van der Waals surface area contributed by atoms with Crippen molar-refractivity contribution in [3.63, 3.8) is 0 Å². The molecule has 3 nitrogen and oxygen atoms in total. The molecule has 0 aromatic rings. The molecule has 1 aliphatic rings. The van der Waals surface area contributed by atoms with Crippen LogP contribution in [0.4, 0.5) is 0 Å². The lowest BCUT2D eigenvalue weighted by atomic mass is 10.2. The van der Waals surface area contributed by atoms with Crippen LogP contribution >= 0.6 is 0 Å². The standard InChI is InChI=1S/C8H17N3/c1-9-8-4-6-11(7-5-8)10(2)3/h4,9H,5-7H2,1-3H3. The van der Waals surface area contributed by atoms with E-state index in [1.807, 2.05) is 7.05 Å². The summed E-state index contributed by atoms with van der Waals surface area (Å²) in [4.78, 5) is 0. The maximum atomic E-state index is 3.18. The van der Waals surface area contributed by atoms with E-state index in [9.17, 15) is 0 Å². The van der Waals surface area contributed by atoms with Gasteiger partial charge in [-0.25, -0.2) is 10.0 Å². The summed E-state index contributed by atoms with van der Waals surface area (Å²) in [6.07, 6.45) is 3.37. The predicted octanol–water partition coefficient (Wildman–Crippen LogP) is 0.272. The van der Waals surface area contributed by atoms with Gasteiger partial charge in [-0.05, 0) is 6.08 Å². The van der Waals surface area contributed by atoms with Gasteiger partial charge >= 0.3 is 0 Å². The molecule has 1 aliphatic heterocycles. The maximum Gasteiger partial charge on any atom is 0.0333 e. The van der Waals surface area contributed by atoms with Crippen molar-refractivity contribution in [2.45, 2.75) is 6.42 Å². The van der Waals surface area contributed by atoms with Crippen molar-refractivity contribution in [2.24, 2.45) is 0 Å². The quantitative estimate of drug-likeness (QED) is 0.617. The molecule has 1 rings (SSSR count). The predicted molar refractivity (Wildman–Crippen MR) is 47.0 cm³/mol. The molecule has 0 radical (unpaired) electrons. The molecule has 1 N–H and O–H groups in total. The molecule has 0 aromatic carbocycles. The fourth-order valence-corrected chi connectivity index (χ4v) is 1.25. The van der Waals surface area contributed by atoms with Crippen LogP contribution in [-0.2, 0) is 0 Å². The first-order valence-corrected chi connectivity index (χ1v) is 4.03. The number of hydrazine groups is 1. The normalized spacial score (nSPS) is 20.2. The minimum atomic E-state index is 1.03. The van der Waals surface area contributed by atoms with Crippen molar-refractivity contribution >= 4 is 0 Å². The average molecular weight is 155 g/mol. The van der Waals surface area contributed by atoms with Gasteiger partial charge in [0.05, 0.1) is 0 Å². The molecule has 0 saturated carbocycles. The van der Waals surface area contributed by atoms with E-state index in [1.165, 1.54) is 5.70 Å². The van der Waals surface area contributed by atoms with Gasteiger partial charge in [-0.15, -0.1) is 0 Å². The van der Waals surface area contributed by atoms with E-state index < -0.39 is 0 Å². The second kappa shape index (κ2) is 3.74. The smallest absolute Gasteiger partial charge is 0.0333 e. The van der Waals surface area contributed by atoms with Crippen molar-refractivity contribution < 1.29 is 0 Å². The minimum Gasteiger partial charge on any atom is -0.392 e. The largest absolute Gasteiger partial charge is 0.392 e. The second-order valence-corrected chi connectivity index (χ2v) is 2.99. The zero-order valence-electron chi connectivity index (χ0n) is 7.59. The highest BCUT2D eigenvalue weighted by Gasteiger charge is 2.11. The molecule has 0 saturated heterocycles. The number of nitrogens with zero attached hydrogens (tertiary/aromatic N) is 2. The summed E-state index contributed by atoms with van der Waals surface area (Å²) < 4.78 is 0. The molecule has 0 spiro atoms. The Labute approximate surface area is 68.6 Å². The van der Waals surface area contributed by atoms with E-state index in [-0.39, 0.29) is 0 Å². The number of rotatable bonds is 2. The molecular weight excluding hydrogens is 138 g/mol. The first kappa shape index (κ1) is 8.56. The monoisotopic (exact) mass is 155 g/mol. The molecule has 11 heavy (non-hydrogen) atoms. The summed E-state index contributed by atoms with van der Waals surface area (Å²) in [5.41, 5.74) is 1.36. The third kappa shape index (κ3) is 2.20. The lowest BCUT2D eigenvalue weighted by Crippen LogP contribution is -2.40. The molecule has 0 amide bonds. The van der Waals surface area contributed by atoms with Gasteiger partial charge in [0.1, 0.15) is 0 Å². The summed E-state index contributed by atoms with van der Waals surface area (Å²) in [5, 5.41) is 7.63. The average Bonchev–Trinajstić information content (AvgIpc) is 2.05. The second-order valence-electron chi connectivity index (χ2n) is 2.99. The number of hydrogen-bond donors (Lipinski definition) is 1. The van der Waals surface area contributed by atoms with Crippen LogP contribution in [0.15, 0.2) is 11.8 Å². The van der Waals surface area contributed by atoms with E-state index in [4.69, 9.17) is 0 Å². The fraction of sp³-hybridized carbons (Fsp3) is 0.750.